The molecule has 1 atom stereocenters. The first kappa shape index (κ1) is 17.3. The number of nitrogens with zero attached hydrogens (tertiary/aromatic N) is 3. The van der Waals surface area contributed by atoms with Gasteiger partial charge >= 0.3 is 0 Å². The fraction of sp³-hybridized carbons (Fsp3) is 0.500. The van der Waals surface area contributed by atoms with Crippen LogP contribution < -0.4 is 10.2 Å². The minimum atomic E-state index is -0.591. The van der Waals surface area contributed by atoms with Gasteiger partial charge in [0.25, 0.3) is 5.95 Å². The van der Waals surface area contributed by atoms with E-state index in [1.807, 2.05) is 34.9 Å². The van der Waals surface area contributed by atoms with Gasteiger partial charge in [0.15, 0.2) is 0 Å². The lowest BCUT2D eigenvalue weighted by Crippen LogP contribution is -2.33. The predicted molar refractivity (Wildman–Crippen MR) is 84.0 cm³/mol. The maximum Gasteiger partial charge on any atom is 0.265 e. The summed E-state index contributed by atoms with van der Waals surface area (Å²) in [4.78, 5) is 5.96. The van der Waals surface area contributed by atoms with Gasteiger partial charge in [-0.3, -0.25) is 0 Å². The predicted octanol–water partition coefficient (Wildman–Crippen LogP) is 3.29. The van der Waals surface area contributed by atoms with Crippen LogP contribution in [0.1, 0.15) is 38.3 Å². The van der Waals surface area contributed by atoms with Gasteiger partial charge in [0.05, 0.1) is 6.54 Å². The highest BCUT2D eigenvalue weighted by molar-refractivity contribution is 5.25. The van der Waals surface area contributed by atoms with Crippen molar-refractivity contribution in [3.63, 3.8) is 0 Å². The number of hydrogen-bond donors (Lipinski definition) is 1. The van der Waals surface area contributed by atoms with Crippen LogP contribution in [0.15, 0.2) is 22.7 Å². The molecule has 0 bridgehead atoms. The number of rotatable bonds is 5. The molecule has 0 spiro atoms. The van der Waals surface area contributed by atoms with Crippen LogP contribution in [-0.2, 0) is 6.54 Å². The molecule has 23 heavy (non-hydrogen) atoms. The zero-order valence-corrected chi connectivity index (χ0v) is 14.0. The van der Waals surface area contributed by atoms with Gasteiger partial charge in [0.2, 0.25) is 5.89 Å². The summed E-state index contributed by atoms with van der Waals surface area (Å²) in [6, 6.07) is 3.28. The lowest BCUT2D eigenvalue weighted by atomic mass is 9.82. The molecular formula is C16H22F2N4O. The lowest BCUT2D eigenvalue weighted by molar-refractivity contribution is 0.251. The van der Waals surface area contributed by atoms with Gasteiger partial charge in [-0.2, -0.15) is 4.98 Å². The van der Waals surface area contributed by atoms with E-state index in [0.717, 1.165) is 6.07 Å². The molecule has 0 unspecified atom stereocenters. The van der Waals surface area contributed by atoms with Gasteiger partial charge in [0.1, 0.15) is 11.6 Å². The van der Waals surface area contributed by atoms with Crippen molar-refractivity contribution in [1.29, 1.82) is 0 Å². The van der Waals surface area contributed by atoms with E-state index >= 15 is 0 Å². The van der Waals surface area contributed by atoms with E-state index in [1.165, 1.54) is 12.1 Å². The van der Waals surface area contributed by atoms with Gasteiger partial charge in [-0.1, -0.05) is 26.8 Å². The van der Waals surface area contributed by atoms with Crippen LogP contribution in [-0.4, -0.2) is 24.2 Å². The molecule has 2 aromatic rings. The Hall–Kier alpha value is -2.02. The largest absolute Gasteiger partial charge is 0.344 e. The molecule has 0 aliphatic carbocycles. The molecule has 0 aliphatic rings. The van der Waals surface area contributed by atoms with Crippen LogP contribution in [0, 0.1) is 17.0 Å². The number of aromatic nitrogens is 2. The first-order valence-corrected chi connectivity index (χ1v) is 7.36. The van der Waals surface area contributed by atoms with Crippen molar-refractivity contribution < 1.29 is 13.3 Å². The molecule has 126 valence electrons. The molecule has 0 saturated heterocycles. The first-order chi connectivity index (χ1) is 10.7. The second kappa shape index (κ2) is 6.62. The van der Waals surface area contributed by atoms with Crippen molar-refractivity contribution in [1.82, 2.24) is 15.5 Å². The molecule has 0 aliphatic heterocycles. The van der Waals surface area contributed by atoms with Crippen molar-refractivity contribution in [2.45, 2.75) is 33.4 Å². The fourth-order valence-corrected chi connectivity index (χ4v) is 2.31. The Morgan fingerprint density at radius 1 is 1.26 bits per heavy atom. The second-order valence-corrected chi connectivity index (χ2v) is 6.73. The van der Waals surface area contributed by atoms with Crippen LogP contribution in [0.3, 0.4) is 0 Å². The minimum absolute atomic E-state index is 0.289. The van der Waals surface area contributed by atoms with Gasteiger partial charge in [-0.05, 0) is 16.6 Å². The van der Waals surface area contributed by atoms with Crippen LogP contribution in [0.5, 0.6) is 0 Å². The van der Waals surface area contributed by atoms with Crippen LogP contribution in [0.4, 0.5) is 14.7 Å². The highest BCUT2D eigenvalue weighted by Crippen LogP contribution is 2.34. The smallest absolute Gasteiger partial charge is 0.265 e. The molecule has 1 aromatic heterocycles. The number of benzene rings is 1. The average molecular weight is 324 g/mol. The Morgan fingerprint density at radius 3 is 2.48 bits per heavy atom. The molecule has 5 nitrogen and oxygen atoms in total. The van der Waals surface area contributed by atoms with Crippen molar-refractivity contribution in [2.24, 2.45) is 5.41 Å². The summed E-state index contributed by atoms with van der Waals surface area (Å²) in [6.07, 6.45) is 0. The van der Waals surface area contributed by atoms with E-state index in [0.29, 0.717) is 23.9 Å². The summed E-state index contributed by atoms with van der Waals surface area (Å²) in [5.41, 5.74) is 0.120. The third-order valence-electron chi connectivity index (χ3n) is 3.45. The average Bonchev–Trinajstić information content (AvgIpc) is 2.88. The number of hydrogen-bond acceptors (Lipinski definition) is 5. The summed E-state index contributed by atoms with van der Waals surface area (Å²) in [5.74, 6) is -0.282. The Balaban J connectivity index is 2.19. The maximum absolute atomic E-state index is 14.1. The quantitative estimate of drug-likeness (QED) is 0.914. The molecule has 0 saturated carbocycles. The van der Waals surface area contributed by atoms with Crippen LogP contribution >= 0.6 is 0 Å². The topological polar surface area (TPSA) is 54.2 Å². The zero-order valence-electron chi connectivity index (χ0n) is 14.0. The van der Waals surface area contributed by atoms with E-state index < -0.39 is 11.6 Å². The first-order valence-electron chi connectivity index (χ1n) is 7.36. The summed E-state index contributed by atoms with van der Waals surface area (Å²) >= 11 is 0. The van der Waals surface area contributed by atoms with Crippen molar-refractivity contribution in [2.75, 3.05) is 19.0 Å². The Bertz CT molecular complexity index is 664. The maximum atomic E-state index is 14.1. The molecule has 1 aromatic carbocycles. The number of anilines is 1. The van der Waals surface area contributed by atoms with E-state index in [4.69, 9.17) is 4.52 Å². The third kappa shape index (κ3) is 4.25. The Kier molecular flexibility index (Phi) is 4.99. The SMILES string of the molecule is CN(C)c1noc(CN[C@@H](c2ccc(F)cc2F)C(C)(C)C)n1. The van der Waals surface area contributed by atoms with Crippen LogP contribution in [0.2, 0.25) is 0 Å². The standard InChI is InChI=1S/C16H22F2N4O/c1-16(2,3)14(11-7-6-10(17)8-12(11)18)19-9-13-20-15(21-23-13)22(4)5/h6-8,14,19H,9H2,1-5H3/t14-/m0/s1. The normalized spacial score (nSPS) is 13.2. The van der Waals surface area contributed by atoms with E-state index in [9.17, 15) is 8.78 Å². The fourth-order valence-electron chi connectivity index (χ4n) is 2.31. The number of halogens is 2. The monoisotopic (exact) mass is 324 g/mol. The highest BCUT2D eigenvalue weighted by Gasteiger charge is 2.29. The van der Waals surface area contributed by atoms with E-state index in [2.05, 4.69) is 15.5 Å². The van der Waals surface area contributed by atoms with Crippen molar-refractivity contribution >= 4 is 5.95 Å². The molecule has 0 fully saturated rings. The second-order valence-electron chi connectivity index (χ2n) is 6.73. The minimum Gasteiger partial charge on any atom is -0.344 e. The van der Waals surface area contributed by atoms with Gasteiger partial charge in [-0.15, -0.1) is 0 Å². The third-order valence-corrected chi connectivity index (χ3v) is 3.45. The Labute approximate surface area is 134 Å². The number of nitrogens with one attached hydrogen (secondary N) is 1. The van der Waals surface area contributed by atoms with Gasteiger partial charge < -0.3 is 14.7 Å². The molecule has 0 radical (unpaired) electrons. The van der Waals surface area contributed by atoms with Crippen LogP contribution in [0.25, 0.3) is 0 Å². The highest BCUT2D eigenvalue weighted by atomic mass is 19.1. The molecule has 0 amide bonds. The van der Waals surface area contributed by atoms with Crippen molar-refractivity contribution in [3.8, 4) is 0 Å². The van der Waals surface area contributed by atoms with Gasteiger partial charge in [-0.25, -0.2) is 8.78 Å². The summed E-state index contributed by atoms with van der Waals surface area (Å²) in [7, 11) is 3.63. The summed E-state index contributed by atoms with van der Waals surface area (Å²) in [5, 5.41) is 7.06. The summed E-state index contributed by atoms with van der Waals surface area (Å²) in [6.45, 7) is 6.23. The molecular weight excluding hydrogens is 302 g/mol. The summed E-state index contributed by atoms with van der Waals surface area (Å²) < 4.78 is 32.4. The molecule has 2 rings (SSSR count). The van der Waals surface area contributed by atoms with Crippen molar-refractivity contribution in [3.05, 3.63) is 41.3 Å². The van der Waals surface area contributed by atoms with E-state index in [-0.39, 0.29) is 11.5 Å². The van der Waals surface area contributed by atoms with Gasteiger partial charge in [0, 0.05) is 31.8 Å². The zero-order chi connectivity index (χ0) is 17.2. The van der Waals surface area contributed by atoms with E-state index in [1.54, 1.807) is 4.90 Å². The molecule has 7 heteroatoms. The Morgan fingerprint density at radius 2 is 1.96 bits per heavy atom. The molecule has 1 N–H and O–H groups in total. The molecule has 1 heterocycles. The lowest BCUT2D eigenvalue weighted by Gasteiger charge is -2.32.